The number of nitrogens with one attached hydrogen (secondary N) is 1. The molecule has 0 saturated heterocycles. The van der Waals surface area contributed by atoms with Gasteiger partial charge in [0, 0.05) is 12.4 Å². The molecule has 0 bridgehead atoms. The molecule has 164 valence electrons. The van der Waals surface area contributed by atoms with Crippen LogP contribution in [-0.4, -0.2) is 40.2 Å². The van der Waals surface area contributed by atoms with Crippen LogP contribution in [0.15, 0.2) is 48.9 Å². The molecule has 0 aliphatic carbocycles. The Kier molecular flexibility index (Phi) is 5.54. The van der Waals surface area contributed by atoms with Gasteiger partial charge in [-0.2, -0.15) is 15.3 Å². The lowest BCUT2D eigenvalue weighted by molar-refractivity contribution is -0.386. The predicted octanol–water partition coefficient (Wildman–Crippen LogP) is 2.92. The molecular formula is C21H22N8O3. The van der Waals surface area contributed by atoms with Gasteiger partial charge in [0.25, 0.3) is 5.91 Å². The first-order valence-corrected chi connectivity index (χ1v) is 9.92. The van der Waals surface area contributed by atoms with Gasteiger partial charge >= 0.3 is 5.69 Å². The summed E-state index contributed by atoms with van der Waals surface area (Å²) in [5.41, 5.74) is 3.84. The number of aryl methyl sites for hydroxylation is 2. The summed E-state index contributed by atoms with van der Waals surface area (Å²) in [7, 11) is 0. The Morgan fingerprint density at radius 2 is 1.91 bits per heavy atom. The van der Waals surface area contributed by atoms with E-state index < -0.39 is 4.92 Å². The van der Waals surface area contributed by atoms with Gasteiger partial charge in [0.15, 0.2) is 5.69 Å². The second-order valence-electron chi connectivity index (χ2n) is 7.47. The largest absolute Gasteiger partial charge is 0.318 e. The van der Waals surface area contributed by atoms with Crippen LogP contribution in [0.5, 0.6) is 0 Å². The maximum Gasteiger partial charge on any atom is 0.312 e. The summed E-state index contributed by atoms with van der Waals surface area (Å²) in [6.45, 7) is 6.02. The van der Waals surface area contributed by atoms with Crippen LogP contribution in [0.1, 0.15) is 33.0 Å². The van der Waals surface area contributed by atoms with Gasteiger partial charge in [-0.15, -0.1) is 0 Å². The maximum atomic E-state index is 12.6. The number of carbonyl (C=O) groups excluding carboxylic acids is 1. The zero-order chi connectivity index (χ0) is 22.8. The number of rotatable bonds is 7. The van der Waals surface area contributed by atoms with E-state index in [0.29, 0.717) is 23.6 Å². The van der Waals surface area contributed by atoms with Crippen LogP contribution in [0, 0.1) is 30.9 Å². The van der Waals surface area contributed by atoms with Crippen molar-refractivity contribution in [2.45, 2.75) is 34.0 Å². The lowest BCUT2D eigenvalue weighted by atomic mass is 10.1. The van der Waals surface area contributed by atoms with Gasteiger partial charge in [0.05, 0.1) is 23.4 Å². The fourth-order valence-electron chi connectivity index (χ4n) is 3.46. The molecule has 3 heterocycles. The monoisotopic (exact) mass is 434 g/mol. The Morgan fingerprint density at radius 3 is 2.62 bits per heavy atom. The van der Waals surface area contributed by atoms with E-state index in [1.54, 1.807) is 43.2 Å². The van der Waals surface area contributed by atoms with Crippen LogP contribution in [0.2, 0.25) is 0 Å². The highest BCUT2D eigenvalue weighted by Gasteiger charge is 2.22. The van der Waals surface area contributed by atoms with E-state index in [2.05, 4.69) is 20.6 Å². The summed E-state index contributed by atoms with van der Waals surface area (Å²) < 4.78 is 4.74. The number of carbonyl (C=O) groups is 1. The molecule has 1 amide bonds. The summed E-state index contributed by atoms with van der Waals surface area (Å²) in [5.74, 6) is -0.376. The summed E-state index contributed by atoms with van der Waals surface area (Å²) in [6, 6.07) is 9.63. The third kappa shape index (κ3) is 4.26. The summed E-state index contributed by atoms with van der Waals surface area (Å²) >= 11 is 0. The van der Waals surface area contributed by atoms with Crippen molar-refractivity contribution in [1.29, 1.82) is 0 Å². The van der Waals surface area contributed by atoms with E-state index in [1.807, 2.05) is 31.2 Å². The second-order valence-corrected chi connectivity index (χ2v) is 7.47. The topological polar surface area (TPSA) is 126 Å². The van der Waals surface area contributed by atoms with Crippen LogP contribution in [0.3, 0.4) is 0 Å². The SMILES string of the molecule is Cc1ccccc1Cn1cc(NC(=O)c2ccn(Cn3nc(C)c([N+](=O)[O-])c3C)n2)cn1. The fraction of sp³-hybridized carbons (Fsp3) is 0.238. The first kappa shape index (κ1) is 21.0. The van der Waals surface area contributed by atoms with Gasteiger partial charge in [-0.05, 0) is 38.0 Å². The Labute approximate surface area is 183 Å². The van der Waals surface area contributed by atoms with Crippen molar-refractivity contribution < 1.29 is 9.72 Å². The molecular weight excluding hydrogens is 412 g/mol. The molecule has 0 saturated carbocycles. The number of hydrogen-bond donors (Lipinski definition) is 1. The van der Waals surface area contributed by atoms with Gasteiger partial charge < -0.3 is 5.32 Å². The van der Waals surface area contributed by atoms with E-state index in [0.717, 1.165) is 5.56 Å². The molecule has 0 unspecified atom stereocenters. The molecule has 0 fully saturated rings. The molecule has 11 heteroatoms. The minimum atomic E-state index is -0.449. The molecule has 0 aliphatic heterocycles. The number of amides is 1. The molecule has 3 aromatic heterocycles. The van der Waals surface area contributed by atoms with Gasteiger partial charge in [0.2, 0.25) is 0 Å². The average Bonchev–Trinajstić information content (AvgIpc) is 3.44. The molecule has 0 aliphatic rings. The number of aromatic nitrogens is 6. The first-order chi connectivity index (χ1) is 15.3. The molecule has 11 nitrogen and oxygen atoms in total. The van der Waals surface area contributed by atoms with E-state index in [1.165, 1.54) is 14.9 Å². The lowest BCUT2D eigenvalue weighted by Crippen LogP contribution is -2.15. The van der Waals surface area contributed by atoms with Gasteiger partial charge in [-0.25, -0.2) is 4.68 Å². The molecule has 1 aromatic carbocycles. The standard InChI is InChI=1S/C21H22N8O3/c1-14-6-4-5-7-17(14)11-27-12-18(10-22-27)23-21(30)19-8-9-26(25-19)13-28-16(3)20(29(31)32)15(2)24-28/h4-10,12H,11,13H2,1-3H3,(H,23,30). The van der Waals surface area contributed by atoms with E-state index in [9.17, 15) is 14.9 Å². The number of benzene rings is 1. The minimum absolute atomic E-state index is 0.0159. The average molecular weight is 434 g/mol. The van der Waals surface area contributed by atoms with Crippen molar-refractivity contribution in [1.82, 2.24) is 29.3 Å². The van der Waals surface area contributed by atoms with E-state index in [-0.39, 0.29) is 24.0 Å². The van der Waals surface area contributed by atoms with Crippen LogP contribution in [-0.2, 0) is 13.2 Å². The van der Waals surface area contributed by atoms with Crippen molar-refractivity contribution in [2.24, 2.45) is 0 Å². The third-order valence-electron chi connectivity index (χ3n) is 5.16. The second kappa shape index (κ2) is 8.46. The summed E-state index contributed by atoms with van der Waals surface area (Å²) in [5, 5.41) is 26.7. The van der Waals surface area contributed by atoms with Crippen LogP contribution >= 0.6 is 0 Å². The Balaban J connectivity index is 1.42. The Hall–Kier alpha value is -4.28. The Morgan fingerprint density at radius 1 is 1.12 bits per heavy atom. The molecule has 0 radical (unpaired) electrons. The highest BCUT2D eigenvalue weighted by atomic mass is 16.6. The smallest absolute Gasteiger partial charge is 0.312 e. The van der Waals surface area contributed by atoms with Gasteiger partial charge in [0.1, 0.15) is 18.1 Å². The zero-order valence-electron chi connectivity index (χ0n) is 17.9. The van der Waals surface area contributed by atoms with E-state index >= 15 is 0 Å². The first-order valence-electron chi connectivity index (χ1n) is 9.92. The quantitative estimate of drug-likeness (QED) is 0.352. The van der Waals surface area contributed by atoms with Crippen molar-refractivity contribution in [3.63, 3.8) is 0 Å². The third-order valence-corrected chi connectivity index (χ3v) is 5.16. The number of hydrogen-bond acceptors (Lipinski definition) is 6. The van der Waals surface area contributed by atoms with Gasteiger partial charge in [-0.3, -0.25) is 24.3 Å². The molecule has 32 heavy (non-hydrogen) atoms. The van der Waals surface area contributed by atoms with Crippen molar-refractivity contribution >= 4 is 17.3 Å². The maximum absolute atomic E-state index is 12.6. The van der Waals surface area contributed by atoms with Crippen LogP contribution < -0.4 is 5.32 Å². The highest BCUT2D eigenvalue weighted by molar-refractivity contribution is 6.02. The Bertz CT molecular complexity index is 1300. The highest BCUT2D eigenvalue weighted by Crippen LogP contribution is 2.21. The van der Waals surface area contributed by atoms with Crippen LogP contribution in [0.4, 0.5) is 11.4 Å². The van der Waals surface area contributed by atoms with Crippen LogP contribution in [0.25, 0.3) is 0 Å². The summed E-state index contributed by atoms with van der Waals surface area (Å²) in [4.78, 5) is 23.3. The molecule has 1 N–H and O–H groups in total. The number of nitrogens with zero attached hydrogens (tertiary/aromatic N) is 7. The summed E-state index contributed by atoms with van der Waals surface area (Å²) in [6.07, 6.45) is 4.97. The predicted molar refractivity (Wildman–Crippen MR) is 116 cm³/mol. The minimum Gasteiger partial charge on any atom is -0.318 e. The lowest BCUT2D eigenvalue weighted by Gasteiger charge is -2.05. The fourth-order valence-corrected chi connectivity index (χ4v) is 3.46. The number of anilines is 1. The zero-order valence-corrected chi connectivity index (χ0v) is 17.9. The van der Waals surface area contributed by atoms with Crippen molar-refractivity contribution in [3.05, 3.63) is 87.2 Å². The number of nitro groups is 1. The normalized spacial score (nSPS) is 11.0. The van der Waals surface area contributed by atoms with Crippen molar-refractivity contribution in [2.75, 3.05) is 5.32 Å². The van der Waals surface area contributed by atoms with E-state index in [4.69, 9.17) is 0 Å². The molecule has 0 spiro atoms. The molecule has 4 aromatic rings. The molecule has 4 rings (SSSR count). The van der Waals surface area contributed by atoms with Gasteiger partial charge in [-0.1, -0.05) is 24.3 Å². The molecule has 0 atom stereocenters. The van der Waals surface area contributed by atoms with Crippen molar-refractivity contribution in [3.8, 4) is 0 Å².